The lowest BCUT2D eigenvalue weighted by atomic mass is 9.85. The highest BCUT2D eigenvalue weighted by Crippen LogP contribution is 2.41. The average molecular weight is 754 g/mol. The number of phenolic OH excluding ortho intramolecular Hbond substituents is 1. The molecule has 1 N–H and O–H groups in total. The zero-order valence-electron chi connectivity index (χ0n) is 35.1. The summed E-state index contributed by atoms with van der Waals surface area (Å²) in [6, 6.07) is 59.4. The number of imidazole rings is 1. The normalized spacial score (nSPS) is 12.3. The molecule has 2 aromatic heterocycles. The molecule has 2 heterocycles. The van der Waals surface area contributed by atoms with Gasteiger partial charge in [0.2, 0.25) is 0 Å². The van der Waals surface area contributed by atoms with Crippen LogP contribution in [-0.4, -0.2) is 19.6 Å². The van der Waals surface area contributed by atoms with Crippen molar-refractivity contribution in [2.45, 2.75) is 39.5 Å². The van der Waals surface area contributed by atoms with Gasteiger partial charge < -0.3 is 5.11 Å². The quantitative estimate of drug-likeness (QED) is 0.160. The molecule has 0 radical (unpaired) electrons. The molecule has 0 spiro atoms. The van der Waals surface area contributed by atoms with Crippen LogP contribution < -0.4 is 0 Å². The van der Waals surface area contributed by atoms with Crippen LogP contribution in [-0.2, 0) is 0 Å². The lowest BCUT2D eigenvalue weighted by Crippen LogP contribution is -2.01. The second-order valence-corrected chi connectivity index (χ2v) is 15.2. The fourth-order valence-electron chi connectivity index (χ4n) is 8.04. The molecule has 9 aromatic rings. The lowest BCUT2D eigenvalue weighted by molar-refractivity contribution is 0.477. The highest BCUT2D eigenvalue weighted by atomic mass is 16.3. The Morgan fingerprint density at radius 2 is 1.09 bits per heavy atom. The van der Waals surface area contributed by atoms with Gasteiger partial charge >= 0.3 is 0 Å². The maximum absolute atomic E-state index is 11.3. The Morgan fingerprint density at radius 1 is 0.500 bits per heavy atom. The van der Waals surface area contributed by atoms with Gasteiger partial charge in [-0.3, -0.25) is 9.55 Å². The van der Waals surface area contributed by atoms with Crippen molar-refractivity contribution in [3.63, 3.8) is 0 Å². The van der Waals surface area contributed by atoms with Gasteiger partial charge in [-0.25, -0.2) is 4.98 Å². The Morgan fingerprint density at radius 3 is 1.76 bits per heavy atom. The van der Waals surface area contributed by atoms with Crippen molar-refractivity contribution in [2.75, 3.05) is 0 Å². The SMILES string of the molecule is [2H]C(C)(C)c1cccc(C([2H])(C)C)c1-c1ccc(-n2c(-c3ccccc3O)nc3c(-c4cc(-c5ccccc5)cc(-c5cc(-c6ccccc6)ccn5)c4)cccc32)cc1. The smallest absolute Gasteiger partial charge is 0.149 e. The monoisotopic (exact) mass is 753 g/mol. The van der Waals surface area contributed by atoms with E-state index in [0.717, 1.165) is 83.6 Å². The topological polar surface area (TPSA) is 50.9 Å². The number of benzene rings is 7. The van der Waals surface area contributed by atoms with Gasteiger partial charge in [0.15, 0.2) is 0 Å². The van der Waals surface area contributed by atoms with E-state index in [1.165, 1.54) is 0 Å². The molecule has 0 amide bonds. The lowest BCUT2D eigenvalue weighted by Gasteiger charge is -2.20. The fourth-order valence-corrected chi connectivity index (χ4v) is 8.04. The van der Waals surface area contributed by atoms with E-state index < -0.39 is 11.8 Å². The van der Waals surface area contributed by atoms with E-state index in [9.17, 15) is 5.11 Å². The number of aromatic hydroxyl groups is 1. The number of para-hydroxylation sites is 2. The first-order valence-corrected chi connectivity index (χ1v) is 19.7. The van der Waals surface area contributed by atoms with Crippen LogP contribution in [0.5, 0.6) is 5.75 Å². The second kappa shape index (κ2) is 15.5. The number of aromatic nitrogens is 3. The largest absolute Gasteiger partial charge is 0.507 e. The number of hydrogen-bond donors (Lipinski definition) is 1. The van der Waals surface area contributed by atoms with Gasteiger partial charge in [-0.05, 0) is 123 Å². The summed E-state index contributed by atoms with van der Waals surface area (Å²) in [6.07, 6.45) is 1.87. The van der Waals surface area contributed by atoms with Crippen molar-refractivity contribution in [1.82, 2.24) is 14.5 Å². The molecule has 4 nitrogen and oxygen atoms in total. The molecule has 9 rings (SSSR count). The minimum absolute atomic E-state index is 0.138. The molecule has 0 aliphatic rings. The van der Waals surface area contributed by atoms with Crippen molar-refractivity contribution < 1.29 is 7.85 Å². The maximum Gasteiger partial charge on any atom is 0.149 e. The summed E-state index contributed by atoms with van der Waals surface area (Å²) in [5, 5.41) is 11.3. The zero-order chi connectivity index (χ0) is 41.6. The molecule has 0 saturated heterocycles. The third-order valence-corrected chi connectivity index (χ3v) is 10.9. The predicted molar refractivity (Wildman–Crippen MR) is 241 cm³/mol. The first-order chi connectivity index (χ1) is 28.9. The average Bonchev–Trinajstić information content (AvgIpc) is 3.66. The van der Waals surface area contributed by atoms with Crippen LogP contribution in [0.4, 0.5) is 0 Å². The van der Waals surface area contributed by atoms with Gasteiger partial charge in [-0.1, -0.05) is 143 Å². The van der Waals surface area contributed by atoms with E-state index in [4.69, 9.17) is 12.7 Å². The van der Waals surface area contributed by atoms with Gasteiger partial charge in [0.1, 0.15) is 11.6 Å². The van der Waals surface area contributed by atoms with Crippen LogP contribution >= 0.6 is 0 Å². The molecule has 0 aliphatic carbocycles. The molecule has 4 heteroatoms. The minimum Gasteiger partial charge on any atom is -0.507 e. The van der Waals surface area contributed by atoms with Crippen molar-refractivity contribution in [3.8, 4) is 78.6 Å². The number of hydrogen-bond acceptors (Lipinski definition) is 3. The standard InChI is InChI=1S/C54H45N3O/c1-35(2)45-20-13-21-46(36(3)4)52(45)39-25-27-44(28-26-39)57-50-23-14-22-47(53(50)56-54(57)48-19-11-12-24-51(48)58)42-31-41(38-17-9-6-10-18-38)32-43(33-42)49-34-40(29-30-55-49)37-15-7-5-8-16-37/h5-36,58H,1-4H3/i35D,36D. The van der Waals surface area contributed by atoms with E-state index in [0.29, 0.717) is 11.4 Å². The Kier molecular flexibility index (Phi) is 9.13. The first-order valence-electron chi connectivity index (χ1n) is 20.7. The van der Waals surface area contributed by atoms with Crippen molar-refractivity contribution in [3.05, 3.63) is 193 Å². The molecule has 282 valence electrons. The van der Waals surface area contributed by atoms with Crippen LogP contribution in [0, 0.1) is 0 Å². The third-order valence-electron chi connectivity index (χ3n) is 10.9. The van der Waals surface area contributed by atoms with E-state index in [1.807, 2.05) is 88.5 Å². The Bertz CT molecular complexity index is 2960. The first kappa shape index (κ1) is 34.2. The second-order valence-electron chi connectivity index (χ2n) is 15.2. The molecule has 0 bridgehead atoms. The number of rotatable bonds is 9. The molecule has 7 aromatic carbocycles. The summed E-state index contributed by atoms with van der Waals surface area (Å²) in [5.74, 6) is -0.995. The molecule has 0 saturated carbocycles. The maximum atomic E-state index is 11.3. The molecule has 0 atom stereocenters. The van der Waals surface area contributed by atoms with Crippen molar-refractivity contribution in [2.24, 2.45) is 0 Å². The summed E-state index contributed by atoms with van der Waals surface area (Å²) in [7, 11) is 0. The third kappa shape index (κ3) is 6.88. The van der Waals surface area contributed by atoms with Gasteiger partial charge in [-0.15, -0.1) is 0 Å². The van der Waals surface area contributed by atoms with E-state index in [2.05, 4.69) is 120 Å². The van der Waals surface area contributed by atoms with E-state index in [1.54, 1.807) is 6.07 Å². The van der Waals surface area contributed by atoms with Gasteiger partial charge in [-0.2, -0.15) is 0 Å². The molecule has 58 heavy (non-hydrogen) atoms. The highest BCUT2D eigenvalue weighted by molar-refractivity contribution is 5.97. The van der Waals surface area contributed by atoms with Crippen LogP contribution in [0.15, 0.2) is 182 Å². The summed E-state index contributed by atoms with van der Waals surface area (Å²) in [4.78, 5) is 10.2. The number of fused-ring (bicyclic) bond motifs is 1. The highest BCUT2D eigenvalue weighted by Gasteiger charge is 2.22. The van der Waals surface area contributed by atoms with E-state index >= 15 is 0 Å². The Labute approximate surface area is 343 Å². The van der Waals surface area contributed by atoms with Crippen molar-refractivity contribution >= 4 is 11.0 Å². The van der Waals surface area contributed by atoms with Crippen LogP contribution in [0.3, 0.4) is 0 Å². The summed E-state index contributed by atoms with van der Waals surface area (Å²) in [5.41, 5.74) is 15.0. The molecular formula is C54H45N3O. The number of nitrogens with zero attached hydrogens (tertiary/aromatic N) is 3. The molecule has 0 unspecified atom stereocenters. The predicted octanol–water partition coefficient (Wildman–Crippen LogP) is 14.4. The van der Waals surface area contributed by atoms with Crippen LogP contribution in [0.2, 0.25) is 0 Å². The van der Waals surface area contributed by atoms with Crippen LogP contribution in [0.1, 0.15) is 53.4 Å². The number of phenols is 1. The van der Waals surface area contributed by atoms with E-state index in [-0.39, 0.29) is 5.75 Å². The van der Waals surface area contributed by atoms with Gasteiger partial charge in [0.25, 0.3) is 0 Å². The number of pyridine rings is 1. The van der Waals surface area contributed by atoms with Crippen molar-refractivity contribution in [1.29, 1.82) is 0 Å². The Balaban J connectivity index is 1.24. The van der Waals surface area contributed by atoms with Gasteiger partial charge in [0.05, 0.1) is 22.3 Å². The van der Waals surface area contributed by atoms with Crippen LogP contribution in [0.25, 0.3) is 83.9 Å². The summed E-state index contributed by atoms with van der Waals surface area (Å²) < 4.78 is 20.1. The van der Waals surface area contributed by atoms with Gasteiger partial charge in [0, 0.05) is 25.8 Å². The summed E-state index contributed by atoms with van der Waals surface area (Å²) >= 11 is 0. The Hall–Kier alpha value is -7.04. The molecular weight excluding hydrogens is 707 g/mol. The molecule has 0 aliphatic heterocycles. The molecule has 0 fully saturated rings. The zero-order valence-corrected chi connectivity index (χ0v) is 33.1. The minimum atomic E-state index is -0.872. The fraction of sp³-hybridized carbons (Fsp3) is 0.111. The summed E-state index contributed by atoms with van der Waals surface area (Å²) in [6.45, 7) is 7.58.